The van der Waals surface area contributed by atoms with E-state index in [1.807, 2.05) is 43.3 Å². The van der Waals surface area contributed by atoms with Gasteiger partial charge in [0.2, 0.25) is 0 Å². The number of ether oxygens (including phenoxy) is 1. The van der Waals surface area contributed by atoms with Crippen LogP contribution in [-0.4, -0.2) is 22.3 Å². The van der Waals surface area contributed by atoms with E-state index in [0.717, 1.165) is 16.8 Å². The average molecular weight is 577 g/mol. The first-order chi connectivity index (χ1) is 15.8. The molecule has 0 saturated heterocycles. The number of aromatic hydroxyl groups is 1. The molecule has 0 spiro atoms. The van der Waals surface area contributed by atoms with E-state index >= 15 is 0 Å². The van der Waals surface area contributed by atoms with Crippen molar-refractivity contribution in [2.75, 3.05) is 5.32 Å². The molecule has 3 aromatic carbocycles. The Balaban J connectivity index is 1.85. The third-order valence-corrected chi connectivity index (χ3v) is 6.25. The molecule has 3 rings (SSSR count). The van der Waals surface area contributed by atoms with Crippen molar-refractivity contribution >= 4 is 60.4 Å². The summed E-state index contributed by atoms with van der Waals surface area (Å²) in [6.45, 7) is 1.89. The monoisotopic (exact) mass is 575 g/mol. The number of allylic oxidation sites excluding steroid dienone is 1. The molecule has 2 atom stereocenters. The summed E-state index contributed by atoms with van der Waals surface area (Å²) in [7, 11) is 0. The quantitative estimate of drug-likeness (QED) is 0.242. The number of carbonyl (C=O) groups is 2. The number of hydrogen-bond donors (Lipinski definition) is 3. The molecule has 0 radical (unpaired) electrons. The number of benzene rings is 3. The van der Waals surface area contributed by atoms with Gasteiger partial charge >= 0.3 is 12.1 Å². The zero-order valence-corrected chi connectivity index (χ0v) is 21.0. The molecule has 0 aromatic heterocycles. The first kappa shape index (κ1) is 24.8. The van der Waals surface area contributed by atoms with Crippen molar-refractivity contribution < 1.29 is 24.5 Å². The van der Waals surface area contributed by atoms with Crippen molar-refractivity contribution in [1.29, 1.82) is 0 Å². The summed E-state index contributed by atoms with van der Waals surface area (Å²) in [5.74, 6) is -1.25. The summed E-state index contributed by atoms with van der Waals surface area (Å²) in [5, 5.41) is 24.1. The highest BCUT2D eigenvalue weighted by Gasteiger charge is 2.27. The van der Waals surface area contributed by atoms with Crippen LogP contribution in [0.5, 0.6) is 5.75 Å². The highest BCUT2D eigenvalue weighted by molar-refractivity contribution is 9.11. The molecule has 172 valence electrons. The standard InChI is InChI=1S/C25H23Br2NO5/c1-15(7-2-5-12-22(29)30)24(19-13-17(26)14-20(27)23(19)31)33-25(32)28-21-11-6-9-16-8-3-4-10-18(16)21/h3-6,8-15,24,31H,2,7H2,1H3,(H,28,32)(H,29,30)/b12-5+/t15-,24-/m0/s1. The van der Waals surface area contributed by atoms with E-state index in [9.17, 15) is 14.7 Å². The number of nitrogens with one attached hydrogen (secondary N) is 1. The Morgan fingerprint density at radius 3 is 2.61 bits per heavy atom. The van der Waals surface area contributed by atoms with Crippen LogP contribution in [0.15, 0.2) is 75.7 Å². The van der Waals surface area contributed by atoms with Crippen LogP contribution in [0.2, 0.25) is 0 Å². The van der Waals surface area contributed by atoms with E-state index in [2.05, 4.69) is 37.2 Å². The second kappa shape index (κ2) is 11.3. The van der Waals surface area contributed by atoms with E-state index in [1.54, 1.807) is 24.3 Å². The van der Waals surface area contributed by atoms with E-state index in [1.165, 1.54) is 0 Å². The van der Waals surface area contributed by atoms with Crippen LogP contribution in [0, 0.1) is 5.92 Å². The maximum absolute atomic E-state index is 12.9. The molecule has 0 fully saturated rings. The van der Waals surface area contributed by atoms with E-state index < -0.39 is 18.2 Å². The lowest BCUT2D eigenvalue weighted by atomic mass is 9.92. The smallest absolute Gasteiger partial charge is 0.412 e. The number of aliphatic carboxylic acids is 1. The summed E-state index contributed by atoms with van der Waals surface area (Å²) >= 11 is 6.75. The van der Waals surface area contributed by atoms with Crippen molar-refractivity contribution in [3.8, 4) is 5.75 Å². The van der Waals surface area contributed by atoms with Crippen molar-refractivity contribution in [2.24, 2.45) is 5.92 Å². The Morgan fingerprint density at radius 2 is 1.85 bits per heavy atom. The molecular weight excluding hydrogens is 554 g/mol. The third-order valence-electron chi connectivity index (χ3n) is 5.19. The lowest BCUT2D eigenvalue weighted by molar-refractivity contribution is -0.131. The molecule has 0 heterocycles. The van der Waals surface area contributed by atoms with Gasteiger partial charge in [0.1, 0.15) is 11.9 Å². The first-order valence-electron chi connectivity index (χ1n) is 10.3. The van der Waals surface area contributed by atoms with Gasteiger partial charge in [-0.05, 0) is 58.3 Å². The summed E-state index contributed by atoms with van der Waals surface area (Å²) in [5.41, 5.74) is 1.06. The molecular formula is C25H23Br2NO5. The lowest BCUT2D eigenvalue weighted by Gasteiger charge is -2.26. The molecule has 0 aliphatic heterocycles. The van der Waals surface area contributed by atoms with Gasteiger partial charge in [-0.3, -0.25) is 5.32 Å². The van der Waals surface area contributed by atoms with Crippen LogP contribution in [0.25, 0.3) is 10.8 Å². The zero-order valence-electron chi connectivity index (χ0n) is 17.8. The molecule has 8 heteroatoms. The fourth-order valence-corrected chi connectivity index (χ4v) is 4.83. The predicted octanol–water partition coefficient (Wildman–Crippen LogP) is 7.42. The number of carboxylic acid groups (broad SMARTS) is 1. The Morgan fingerprint density at radius 1 is 1.12 bits per heavy atom. The molecule has 6 nitrogen and oxygen atoms in total. The number of rotatable bonds is 8. The van der Waals surface area contributed by atoms with Crippen molar-refractivity contribution in [1.82, 2.24) is 0 Å². The number of amides is 1. The van der Waals surface area contributed by atoms with Gasteiger partial charge in [0.25, 0.3) is 0 Å². The minimum Gasteiger partial charge on any atom is -0.506 e. The lowest BCUT2D eigenvalue weighted by Crippen LogP contribution is -2.22. The zero-order chi connectivity index (χ0) is 24.0. The van der Waals surface area contributed by atoms with Crippen molar-refractivity contribution in [2.45, 2.75) is 25.9 Å². The maximum Gasteiger partial charge on any atom is 0.412 e. The second-order valence-electron chi connectivity index (χ2n) is 7.60. The van der Waals surface area contributed by atoms with Gasteiger partial charge in [0, 0.05) is 21.5 Å². The van der Waals surface area contributed by atoms with Crippen LogP contribution in [-0.2, 0) is 9.53 Å². The Bertz CT molecular complexity index is 1190. The number of phenols is 1. The van der Waals surface area contributed by atoms with Gasteiger partial charge in [-0.1, -0.05) is 65.3 Å². The van der Waals surface area contributed by atoms with Gasteiger partial charge < -0.3 is 14.9 Å². The van der Waals surface area contributed by atoms with Crippen LogP contribution in [0.1, 0.15) is 31.4 Å². The van der Waals surface area contributed by atoms with E-state index in [0.29, 0.717) is 33.0 Å². The molecule has 1 amide bonds. The summed E-state index contributed by atoms with van der Waals surface area (Å²) in [6.07, 6.45) is 2.24. The molecule has 0 saturated carbocycles. The highest BCUT2D eigenvalue weighted by Crippen LogP contribution is 2.41. The fraction of sp³-hybridized carbons (Fsp3) is 0.200. The van der Waals surface area contributed by atoms with Crippen molar-refractivity contribution in [3.63, 3.8) is 0 Å². The SMILES string of the molecule is C[C@@H](CC/C=C/C(=O)O)[C@H](OC(=O)Nc1cccc2ccccc12)c1cc(Br)cc(Br)c1O. The van der Waals surface area contributed by atoms with Gasteiger partial charge in [-0.2, -0.15) is 0 Å². The number of hydrogen-bond acceptors (Lipinski definition) is 4. The second-order valence-corrected chi connectivity index (χ2v) is 9.37. The van der Waals surface area contributed by atoms with Gasteiger partial charge in [0.15, 0.2) is 0 Å². The Hall–Kier alpha value is -2.84. The third kappa shape index (κ3) is 6.58. The molecule has 0 aliphatic carbocycles. The molecule has 0 aliphatic rings. The summed E-state index contributed by atoms with van der Waals surface area (Å²) in [4.78, 5) is 23.6. The Labute approximate surface area is 208 Å². The molecule has 33 heavy (non-hydrogen) atoms. The maximum atomic E-state index is 12.9. The first-order valence-corrected chi connectivity index (χ1v) is 11.9. The highest BCUT2D eigenvalue weighted by atomic mass is 79.9. The molecule has 0 bridgehead atoms. The summed E-state index contributed by atoms with van der Waals surface area (Å²) < 4.78 is 7.01. The van der Waals surface area contributed by atoms with E-state index in [-0.39, 0.29) is 11.7 Å². The predicted molar refractivity (Wildman–Crippen MR) is 135 cm³/mol. The van der Waals surface area contributed by atoms with Gasteiger partial charge in [0.05, 0.1) is 10.2 Å². The number of anilines is 1. The fourth-order valence-electron chi connectivity index (χ4n) is 3.57. The topological polar surface area (TPSA) is 95.9 Å². The van der Waals surface area contributed by atoms with Gasteiger partial charge in [-0.15, -0.1) is 0 Å². The van der Waals surface area contributed by atoms with Crippen LogP contribution in [0.4, 0.5) is 10.5 Å². The normalized spacial score (nSPS) is 13.1. The van der Waals surface area contributed by atoms with Gasteiger partial charge in [-0.25, -0.2) is 9.59 Å². The molecule has 3 N–H and O–H groups in total. The van der Waals surface area contributed by atoms with E-state index in [4.69, 9.17) is 9.84 Å². The van der Waals surface area contributed by atoms with Crippen molar-refractivity contribution in [3.05, 3.63) is 81.3 Å². The number of halogens is 2. The number of phenolic OH excluding ortho intramolecular Hbond substituents is 1. The minimum atomic E-state index is -1.02. The minimum absolute atomic E-state index is 0.0194. The number of fused-ring (bicyclic) bond motifs is 1. The van der Waals surface area contributed by atoms with Crippen LogP contribution < -0.4 is 5.32 Å². The number of carboxylic acids is 1. The number of carbonyl (C=O) groups excluding carboxylic acids is 1. The molecule has 0 unspecified atom stereocenters. The van der Waals surface area contributed by atoms with Crippen LogP contribution >= 0.6 is 31.9 Å². The Kier molecular flexibility index (Phi) is 8.52. The average Bonchev–Trinajstić information content (AvgIpc) is 2.77. The summed E-state index contributed by atoms with van der Waals surface area (Å²) in [6, 6.07) is 16.7. The largest absolute Gasteiger partial charge is 0.506 e. The molecule has 3 aromatic rings. The van der Waals surface area contributed by atoms with Crippen LogP contribution in [0.3, 0.4) is 0 Å².